The summed E-state index contributed by atoms with van der Waals surface area (Å²) in [6.45, 7) is -0.898. The van der Waals surface area contributed by atoms with E-state index in [4.69, 9.17) is 0 Å². The van der Waals surface area contributed by atoms with E-state index in [1.54, 1.807) is 12.3 Å². The maximum atomic E-state index is 12.1. The molecule has 0 aromatic carbocycles. The zero-order chi connectivity index (χ0) is 10.8. The van der Waals surface area contributed by atoms with Crippen molar-refractivity contribution in [1.82, 2.24) is 4.98 Å². The third kappa shape index (κ3) is 3.40. The predicted molar refractivity (Wildman–Crippen MR) is 51.1 cm³/mol. The first-order valence-corrected chi connectivity index (χ1v) is 4.53. The number of rotatable bonds is 3. The summed E-state index contributed by atoms with van der Waals surface area (Å²) < 4.78 is 36.3. The van der Waals surface area contributed by atoms with E-state index >= 15 is 0 Å². The molecule has 0 spiro atoms. The molecule has 14 heavy (non-hydrogen) atoms. The van der Waals surface area contributed by atoms with Crippen molar-refractivity contribution in [3.8, 4) is 0 Å². The van der Waals surface area contributed by atoms with Gasteiger partial charge in [0.25, 0.3) is 0 Å². The van der Waals surface area contributed by atoms with Gasteiger partial charge in [-0.05, 0) is 11.5 Å². The van der Waals surface area contributed by atoms with E-state index in [1.165, 1.54) is 6.20 Å². The van der Waals surface area contributed by atoms with E-state index in [0.717, 1.165) is 5.56 Å². The summed E-state index contributed by atoms with van der Waals surface area (Å²) in [5.41, 5.74) is 1.10. The van der Waals surface area contributed by atoms with E-state index in [-0.39, 0.29) is 11.5 Å². The van der Waals surface area contributed by atoms with Crippen LogP contribution in [0.1, 0.15) is 30.9 Å². The van der Waals surface area contributed by atoms with Crippen molar-refractivity contribution in [3.05, 3.63) is 29.6 Å². The first-order chi connectivity index (χ1) is 6.38. The molecule has 0 aliphatic rings. The highest BCUT2D eigenvalue weighted by atomic mass is 19.4. The Balaban J connectivity index is 2.84. The Labute approximate surface area is 81.4 Å². The van der Waals surface area contributed by atoms with Gasteiger partial charge in [-0.15, -0.1) is 0 Å². The highest BCUT2D eigenvalue weighted by Gasteiger charge is 2.23. The van der Waals surface area contributed by atoms with Crippen LogP contribution in [-0.2, 0) is 6.32 Å². The lowest BCUT2D eigenvalue weighted by atomic mass is 9.82. The maximum absolute atomic E-state index is 12.1. The lowest BCUT2D eigenvalue weighted by Gasteiger charge is -2.14. The molecule has 0 unspecified atom stereocenters. The van der Waals surface area contributed by atoms with Gasteiger partial charge >= 0.3 is 6.98 Å². The maximum Gasteiger partial charge on any atom is 0.482 e. The van der Waals surface area contributed by atoms with Crippen molar-refractivity contribution >= 4 is 6.98 Å². The third-order valence-corrected chi connectivity index (χ3v) is 1.95. The SMILES string of the molecule is CC(C)c1cncc(C[B-](F)(F)F)c1. The Morgan fingerprint density at radius 2 is 1.93 bits per heavy atom. The fraction of sp³-hybridized carbons (Fsp3) is 0.444. The molecule has 1 aromatic heterocycles. The largest absolute Gasteiger partial charge is 0.482 e. The fourth-order valence-corrected chi connectivity index (χ4v) is 1.20. The summed E-state index contributed by atoms with van der Waals surface area (Å²) in [5.74, 6) is 0.211. The van der Waals surface area contributed by atoms with Crippen LogP contribution >= 0.6 is 0 Å². The van der Waals surface area contributed by atoms with Crippen molar-refractivity contribution in [2.75, 3.05) is 0 Å². The number of hydrogen-bond donors (Lipinski definition) is 0. The fourth-order valence-electron chi connectivity index (χ4n) is 1.20. The van der Waals surface area contributed by atoms with Crippen molar-refractivity contribution in [3.63, 3.8) is 0 Å². The second kappa shape index (κ2) is 4.03. The molecule has 0 aliphatic carbocycles. The number of aromatic nitrogens is 1. The van der Waals surface area contributed by atoms with E-state index < -0.39 is 13.3 Å². The summed E-state index contributed by atoms with van der Waals surface area (Å²) in [7, 11) is 0. The third-order valence-electron chi connectivity index (χ3n) is 1.95. The van der Waals surface area contributed by atoms with Gasteiger partial charge in [0.15, 0.2) is 0 Å². The zero-order valence-corrected chi connectivity index (χ0v) is 8.17. The van der Waals surface area contributed by atoms with Gasteiger partial charge in [-0.2, -0.15) is 0 Å². The Kier molecular flexibility index (Phi) is 3.19. The normalized spacial score (nSPS) is 12.1. The van der Waals surface area contributed by atoms with E-state index in [0.29, 0.717) is 0 Å². The van der Waals surface area contributed by atoms with E-state index in [9.17, 15) is 12.9 Å². The zero-order valence-electron chi connectivity index (χ0n) is 8.17. The Morgan fingerprint density at radius 1 is 1.29 bits per heavy atom. The van der Waals surface area contributed by atoms with E-state index in [2.05, 4.69) is 4.98 Å². The molecule has 1 heterocycles. The monoisotopic (exact) mass is 202 g/mol. The lowest BCUT2D eigenvalue weighted by Crippen LogP contribution is -2.19. The molecular weight excluding hydrogens is 190 g/mol. The number of hydrogen-bond acceptors (Lipinski definition) is 1. The number of nitrogens with zero attached hydrogens (tertiary/aromatic N) is 1. The molecule has 1 aromatic rings. The van der Waals surface area contributed by atoms with Crippen LogP contribution in [0.15, 0.2) is 18.5 Å². The average Bonchev–Trinajstić information content (AvgIpc) is 2.01. The summed E-state index contributed by atoms with van der Waals surface area (Å²) in [6, 6.07) is 1.58. The summed E-state index contributed by atoms with van der Waals surface area (Å²) in [5, 5.41) is 0. The van der Waals surface area contributed by atoms with Crippen LogP contribution in [0.5, 0.6) is 0 Å². The Bertz CT molecular complexity index is 309. The Morgan fingerprint density at radius 3 is 2.43 bits per heavy atom. The average molecular weight is 202 g/mol. The minimum absolute atomic E-state index is 0.211. The van der Waals surface area contributed by atoms with Gasteiger partial charge in [0.05, 0.1) is 0 Å². The highest BCUT2D eigenvalue weighted by Crippen LogP contribution is 2.19. The van der Waals surface area contributed by atoms with Gasteiger partial charge in [-0.3, -0.25) is 4.98 Å². The van der Waals surface area contributed by atoms with Crippen LogP contribution < -0.4 is 0 Å². The molecule has 0 bridgehead atoms. The van der Waals surface area contributed by atoms with Gasteiger partial charge in [-0.25, -0.2) is 0 Å². The van der Waals surface area contributed by atoms with Crippen LogP contribution in [0, 0.1) is 0 Å². The van der Waals surface area contributed by atoms with E-state index in [1.807, 2.05) is 13.8 Å². The molecule has 0 fully saturated rings. The number of pyridine rings is 1. The smallest absolute Gasteiger partial charge is 0.449 e. The first-order valence-electron chi connectivity index (χ1n) is 4.53. The highest BCUT2D eigenvalue weighted by molar-refractivity contribution is 6.57. The van der Waals surface area contributed by atoms with Gasteiger partial charge in [0.1, 0.15) is 0 Å². The molecule has 0 amide bonds. The first kappa shape index (κ1) is 11.1. The molecule has 0 radical (unpaired) electrons. The molecule has 78 valence electrons. The standard InChI is InChI=1S/C9H12BF3N/c1-7(2)9-3-8(5-14-6-9)4-10(11,12)13/h3,5-7H,4H2,1-2H3/q-1. The minimum atomic E-state index is -4.76. The molecule has 5 heteroatoms. The second-order valence-corrected chi connectivity index (χ2v) is 3.70. The van der Waals surface area contributed by atoms with Gasteiger partial charge in [0, 0.05) is 12.4 Å². The second-order valence-electron chi connectivity index (χ2n) is 3.70. The quantitative estimate of drug-likeness (QED) is 0.686. The van der Waals surface area contributed by atoms with Crippen molar-refractivity contribution in [1.29, 1.82) is 0 Å². The molecule has 1 nitrogen and oxygen atoms in total. The predicted octanol–water partition coefficient (Wildman–Crippen LogP) is 3.13. The Hall–Kier alpha value is -0.995. The minimum Gasteiger partial charge on any atom is -0.449 e. The van der Waals surface area contributed by atoms with Crippen molar-refractivity contribution in [2.24, 2.45) is 0 Å². The van der Waals surface area contributed by atoms with Crippen LogP contribution in [0.4, 0.5) is 12.9 Å². The van der Waals surface area contributed by atoms with Crippen molar-refractivity contribution in [2.45, 2.75) is 26.1 Å². The lowest BCUT2D eigenvalue weighted by molar-refractivity contribution is 0.468. The topological polar surface area (TPSA) is 12.9 Å². The molecule has 0 saturated heterocycles. The van der Waals surface area contributed by atoms with Crippen LogP contribution in [0.2, 0.25) is 0 Å². The van der Waals surface area contributed by atoms with Gasteiger partial charge in [0.2, 0.25) is 0 Å². The molecule has 0 aliphatic heterocycles. The van der Waals surface area contributed by atoms with Crippen LogP contribution in [-0.4, -0.2) is 12.0 Å². The molecule has 0 saturated carbocycles. The summed E-state index contributed by atoms with van der Waals surface area (Å²) in [6.07, 6.45) is 2.05. The number of halogens is 3. The van der Waals surface area contributed by atoms with Gasteiger partial charge < -0.3 is 12.9 Å². The molecule has 0 N–H and O–H groups in total. The molecule has 1 rings (SSSR count). The summed E-state index contributed by atoms with van der Waals surface area (Å²) in [4.78, 5) is 3.80. The van der Waals surface area contributed by atoms with Gasteiger partial charge in [-0.1, -0.05) is 31.8 Å². The molecular formula is C9H12BF3N-. The summed E-state index contributed by atoms with van der Waals surface area (Å²) >= 11 is 0. The van der Waals surface area contributed by atoms with Crippen LogP contribution in [0.3, 0.4) is 0 Å². The molecule has 0 atom stereocenters. The van der Waals surface area contributed by atoms with Crippen LogP contribution in [0.25, 0.3) is 0 Å². The van der Waals surface area contributed by atoms with Crippen molar-refractivity contribution < 1.29 is 12.9 Å².